The molecule has 0 aliphatic rings. The van der Waals surface area contributed by atoms with E-state index < -0.39 is 0 Å². The number of benzene rings is 2. The van der Waals surface area contributed by atoms with Crippen molar-refractivity contribution < 1.29 is 4.79 Å². The van der Waals surface area contributed by atoms with Crippen LogP contribution in [0.2, 0.25) is 0 Å². The molecule has 0 saturated heterocycles. The van der Waals surface area contributed by atoms with Gasteiger partial charge in [0, 0.05) is 18.3 Å². The summed E-state index contributed by atoms with van der Waals surface area (Å²) in [5.41, 5.74) is 12.1. The smallest absolute Gasteiger partial charge is 0.221 e. The fraction of sp³-hybridized carbons (Fsp3) is 0.278. The normalized spacial score (nSPS) is 9.57. The van der Waals surface area contributed by atoms with E-state index in [1.807, 2.05) is 51.1 Å². The summed E-state index contributed by atoms with van der Waals surface area (Å²) < 4.78 is 0. The molecule has 1 amide bonds. The molecule has 0 saturated carbocycles. The van der Waals surface area contributed by atoms with Crippen LogP contribution in [0.5, 0.6) is 0 Å². The molecule has 0 spiro atoms. The molecule has 0 radical (unpaired) electrons. The molecule has 2 rings (SSSR count). The predicted octanol–water partition coefficient (Wildman–Crippen LogP) is 4.15. The predicted molar refractivity (Wildman–Crippen MR) is 90.5 cm³/mol. The molecule has 0 bridgehead atoms. The Morgan fingerprint density at radius 3 is 1.86 bits per heavy atom. The monoisotopic (exact) mass is 284 g/mol. The minimum Gasteiger partial charge on any atom is -0.399 e. The Morgan fingerprint density at radius 2 is 1.43 bits per heavy atom. The van der Waals surface area contributed by atoms with E-state index in [1.54, 1.807) is 0 Å². The second kappa shape index (κ2) is 7.48. The molecular weight excluding hydrogens is 260 g/mol. The average Bonchev–Trinajstić information content (AvgIpc) is 2.38. The highest BCUT2D eigenvalue weighted by molar-refractivity contribution is 5.89. The summed E-state index contributed by atoms with van der Waals surface area (Å²) in [5.74, 6) is -0.0260. The summed E-state index contributed by atoms with van der Waals surface area (Å²) >= 11 is 0. The molecule has 0 heterocycles. The Kier molecular flexibility index (Phi) is 5.97. The van der Waals surface area contributed by atoms with Gasteiger partial charge in [-0.05, 0) is 51.0 Å². The van der Waals surface area contributed by atoms with Crippen LogP contribution in [-0.2, 0) is 4.79 Å². The number of nitrogens with two attached hydrogens (primary N) is 1. The lowest BCUT2D eigenvalue weighted by molar-refractivity contribution is -0.114. The van der Waals surface area contributed by atoms with Crippen LogP contribution in [0.3, 0.4) is 0 Å². The molecule has 3 heteroatoms. The number of hydrogen-bond acceptors (Lipinski definition) is 2. The Hall–Kier alpha value is -2.29. The van der Waals surface area contributed by atoms with Crippen molar-refractivity contribution in [2.45, 2.75) is 34.6 Å². The van der Waals surface area contributed by atoms with Gasteiger partial charge in [0.2, 0.25) is 5.91 Å². The maximum Gasteiger partial charge on any atom is 0.221 e. The van der Waals surface area contributed by atoms with Gasteiger partial charge in [-0.3, -0.25) is 4.79 Å². The van der Waals surface area contributed by atoms with E-state index in [9.17, 15) is 4.79 Å². The fourth-order valence-electron chi connectivity index (χ4n) is 1.97. The lowest BCUT2D eigenvalue weighted by atomic mass is 10.1. The number of hydrogen-bond donors (Lipinski definition) is 2. The second-order valence-electron chi connectivity index (χ2n) is 5.36. The van der Waals surface area contributed by atoms with Crippen LogP contribution in [0, 0.1) is 27.7 Å². The Labute approximate surface area is 127 Å². The van der Waals surface area contributed by atoms with E-state index in [1.165, 1.54) is 18.1 Å². The summed E-state index contributed by atoms with van der Waals surface area (Å²) in [6.07, 6.45) is 0. The molecule has 2 aromatic carbocycles. The van der Waals surface area contributed by atoms with Crippen LogP contribution in [0.1, 0.15) is 29.2 Å². The van der Waals surface area contributed by atoms with Gasteiger partial charge in [-0.2, -0.15) is 0 Å². The SMILES string of the molecule is CC(=O)Nc1ccc(C)cc1C.Cc1ccc(N)c(C)c1. The van der Waals surface area contributed by atoms with E-state index in [2.05, 4.69) is 18.3 Å². The van der Waals surface area contributed by atoms with Gasteiger partial charge in [0.1, 0.15) is 0 Å². The number of nitrogen functional groups attached to an aromatic ring is 1. The third-order valence-electron chi connectivity index (χ3n) is 3.12. The zero-order valence-corrected chi connectivity index (χ0v) is 13.4. The number of amides is 1. The average molecular weight is 284 g/mol. The van der Waals surface area contributed by atoms with Crippen molar-refractivity contribution in [3.63, 3.8) is 0 Å². The van der Waals surface area contributed by atoms with Crippen molar-refractivity contribution in [1.29, 1.82) is 0 Å². The van der Waals surface area contributed by atoms with E-state index in [0.29, 0.717) is 0 Å². The van der Waals surface area contributed by atoms with Crippen molar-refractivity contribution in [3.8, 4) is 0 Å². The Morgan fingerprint density at radius 1 is 0.905 bits per heavy atom. The highest BCUT2D eigenvalue weighted by Gasteiger charge is 1.98. The molecule has 21 heavy (non-hydrogen) atoms. The summed E-state index contributed by atoms with van der Waals surface area (Å²) in [6.45, 7) is 9.61. The van der Waals surface area contributed by atoms with Crippen LogP contribution < -0.4 is 11.1 Å². The molecule has 0 aliphatic carbocycles. The number of aryl methyl sites for hydroxylation is 4. The van der Waals surface area contributed by atoms with Crippen molar-refractivity contribution in [1.82, 2.24) is 0 Å². The Bertz CT molecular complexity index is 633. The lowest BCUT2D eigenvalue weighted by Gasteiger charge is -2.06. The van der Waals surface area contributed by atoms with Crippen LogP contribution >= 0.6 is 0 Å². The highest BCUT2D eigenvalue weighted by Crippen LogP contribution is 2.15. The van der Waals surface area contributed by atoms with Crippen molar-refractivity contribution in [2.24, 2.45) is 0 Å². The highest BCUT2D eigenvalue weighted by atomic mass is 16.1. The molecule has 2 aromatic rings. The summed E-state index contributed by atoms with van der Waals surface area (Å²) in [5, 5.41) is 2.76. The maximum atomic E-state index is 10.7. The van der Waals surface area contributed by atoms with E-state index in [0.717, 1.165) is 22.5 Å². The van der Waals surface area contributed by atoms with Gasteiger partial charge in [0.05, 0.1) is 0 Å². The number of anilines is 2. The van der Waals surface area contributed by atoms with Gasteiger partial charge in [-0.1, -0.05) is 35.4 Å². The minimum absolute atomic E-state index is 0.0260. The first kappa shape index (κ1) is 16.8. The number of nitrogens with one attached hydrogen (secondary N) is 1. The van der Waals surface area contributed by atoms with Gasteiger partial charge in [0.25, 0.3) is 0 Å². The third-order valence-corrected chi connectivity index (χ3v) is 3.12. The van der Waals surface area contributed by atoms with E-state index in [-0.39, 0.29) is 5.91 Å². The molecule has 0 fully saturated rings. The maximum absolute atomic E-state index is 10.7. The second-order valence-corrected chi connectivity index (χ2v) is 5.36. The molecule has 0 aliphatic heterocycles. The lowest BCUT2D eigenvalue weighted by Crippen LogP contribution is -2.06. The zero-order valence-electron chi connectivity index (χ0n) is 13.4. The van der Waals surface area contributed by atoms with Crippen LogP contribution in [0.25, 0.3) is 0 Å². The van der Waals surface area contributed by atoms with Gasteiger partial charge < -0.3 is 11.1 Å². The largest absolute Gasteiger partial charge is 0.399 e. The number of carbonyl (C=O) groups excluding carboxylic acids is 1. The minimum atomic E-state index is -0.0260. The van der Waals surface area contributed by atoms with Crippen molar-refractivity contribution >= 4 is 17.3 Å². The topological polar surface area (TPSA) is 55.1 Å². The molecular formula is C18H24N2O. The van der Waals surface area contributed by atoms with Crippen LogP contribution in [-0.4, -0.2) is 5.91 Å². The first-order valence-corrected chi connectivity index (χ1v) is 6.97. The first-order chi connectivity index (χ1) is 9.79. The van der Waals surface area contributed by atoms with E-state index >= 15 is 0 Å². The summed E-state index contributed by atoms with van der Waals surface area (Å²) in [6, 6.07) is 12.0. The van der Waals surface area contributed by atoms with Crippen molar-refractivity contribution in [2.75, 3.05) is 11.1 Å². The summed E-state index contributed by atoms with van der Waals surface area (Å²) in [7, 11) is 0. The molecule has 0 atom stereocenters. The summed E-state index contributed by atoms with van der Waals surface area (Å²) in [4.78, 5) is 10.7. The molecule has 0 aromatic heterocycles. The van der Waals surface area contributed by atoms with Gasteiger partial charge in [-0.15, -0.1) is 0 Å². The van der Waals surface area contributed by atoms with E-state index in [4.69, 9.17) is 5.73 Å². The molecule has 3 nitrogen and oxygen atoms in total. The fourth-order valence-corrected chi connectivity index (χ4v) is 1.97. The number of rotatable bonds is 1. The third kappa shape index (κ3) is 5.69. The quantitative estimate of drug-likeness (QED) is 0.773. The van der Waals surface area contributed by atoms with Crippen LogP contribution in [0.4, 0.5) is 11.4 Å². The zero-order chi connectivity index (χ0) is 16.0. The van der Waals surface area contributed by atoms with Gasteiger partial charge >= 0.3 is 0 Å². The van der Waals surface area contributed by atoms with Gasteiger partial charge in [-0.25, -0.2) is 0 Å². The van der Waals surface area contributed by atoms with Crippen LogP contribution in [0.15, 0.2) is 36.4 Å². The van der Waals surface area contributed by atoms with Crippen molar-refractivity contribution in [3.05, 3.63) is 58.7 Å². The molecule has 0 unspecified atom stereocenters. The number of carbonyl (C=O) groups is 1. The molecule has 3 N–H and O–H groups in total. The first-order valence-electron chi connectivity index (χ1n) is 6.97. The standard InChI is InChI=1S/C10H13NO.C8H11N/c1-7-4-5-10(8(2)6-7)11-9(3)12;1-6-3-4-8(9)7(2)5-6/h4-6H,1-3H3,(H,11,12);3-5H,9H2,1-2H3. The Balaban J connectivity index is 0.000000219. The van der Waals surface area contributed by atoms with Gasteiger partial charge in [0.15, 0.2) is 0 Å². The molecule has 112 valence electrons.